The largest absolute Gasteiger partial charge is 0.493 e. The molecule has 0 fully saturated rings. The quantitative estimate of drug-likeness (QED) is 0.787. The second-order valence-electron chi connectivity index (χ2n) is 4.13. The van der Waals surface area contributed by atoms with E-state index in [9.17, 15) is 9.18 Å². The Hall–Kier alpha value is -1.62. The first-order chi connectivity index (χ1) is 8.51. The summed E-state index contributed by atoms with van der Waals surface area (Å²) in [7, 11) is 3.02. The van der Waals surface area contributed by atoms with Crippen LogP contribution >= 0.6 is 0 Å². The highest BCUT2D eigenvalue weighted by atomic mass is 19.1. The molecule has 0 saturated carbocycles. The van der Waals surface area contributed by atoms with Gasteiger partial charge in [0.2, 0.25) is 0 Å². The lowest BCUT2D eigenvalue weighted by molar-refractivity contribution is -0.148. The topological polar surface area (TPSA) is 47.6 Å². The first kappa shape index (κ1) is 14.4. The molecule has 1 aromatic carbocycles. The van der Waals surface area contributed by atoms with Crippen LogP contribution in [0.3, 0.4) is 0 Å². The van der Waals surface area contributed by atoms with E-state index in [-0.39, 0.29) is 18.4 Å². The minimum atomic E-state index is -0.803. The van der Waals surface area contributed by atoms with Gasteiger partial charge in [-0.1, -0.05) is 6.07 Å². The maximum Gasteiger partial charge on any atom is 0.325 e. The van der Waals surface area contributed by atoms with Gasteiger partial charge < -0.3 is 14.8 Å². The lowest BCUT2D eigenvalue weighted by Crippen LogP contribution is -2.49. The third kappa shape index (κ3) is 3.70. The van der Waals surface area contributed by atoms with Gasteiger partial charge in [0.25, 0.3) is 0 Å². The Morgan fingerprint density at radius 3 is 2.78 bits per heavy atom. The smallest absolute Gasteiger partial charge is 0.325 e. The molecule has 1 aromatic rings. The minimum absolute atomic E-state index is 0.288. The molecular weight excluding hydrogens is 237 g/mol. The van der Waals surface area contributed by atoms with E-state index in [2.05, 4.69) is 5.32 Å². The van der Waals surface area contributed by atoms with E-state index in [1.807, 2.05) is 0 Å². The number of nitrogens with one attached hydrogen (secondary N) is 1. The number of ether oxygens (including phenoxy) is 2. The lowest BCUT2D eigenvalue weighted by atomic mass is 9.99. The van der Waals surface area contributed by atoms with Crippen LogP contribution in [0.1, 0.15) is 13.3 Å². The summed E-state index contributed by atoms with van der Waals surface area (Å²) < 4.78 is 23.0. The predicted molar refractivity (Wildman–Crippen MR) is 66.0 cm³/mol. The standard InChI is InChI=1S/C13H18FNO3/c1-13(15-2,12(16)17-3)7-8-18-11-6-4-5-10(14)9-11/h4-6,9,15H,7-8H2,1-3H3. The molecule has 0 aliphatic carbocycles. The molecule has 0 aliphatic rings. The highest BCUT2D eigenvalue weighted by molar-refractivity contribution is 5.80. The number of hydrogen-bond donors (Lipinski definition) is 1. The third-order valence-electron chi connectivity index (χ3n) is 2.85. The zero-order chi connectivity index (χ0) is 13.6. The first-order valence-electron chi connectivity index (χ1n) is 5.67. The Bertz CT molecular complexity index is 411. The van der Waals surface area contributed by atoms with Gasteiger partial charge in [0.1, 0.15) is 17.1 Å². The monoisotopic (exact) mass is 255 g/mol. The van der Waals surface area contributed by atoms with Crippen molar-refractivity contribution in [2.75, 3.05) is 20.8 Å². The van der Waals surface area contributed by atoms with Crippen LogP contribution in [-0.4, -0.2) is 32.3 Å². The summed E-state index contributed by atoms with van der Waals surface area (Å²) in [6, 6.07) is 5.88. The summed E-state index contributed by atoms with van der Waals surface area (Å²) in [6.45, 7) is 2.02. The van der Waals surface area contributed by atoms with Crippen molar-refractivity contribution in [3.63, 3.8) is 0 Å². The summed E-state index contributed by atoms with van der Waals surface area (Å²) in [6.07, 6.45) is 0.423. The van der Waals surface area contributed by atoms with Gasteiger partial charge in [0.05, 0.1) is 13.7 Å². The summed E-state index contributed by atoms with van der Waals surface area (Å²) in [4.78, 5) is 11.6. The summed E-state index contributed by atoms with van der Waals surface area (Å²) in [5.41, 5.74) is -0.803. The fraction of sp³-hybridized carbons (Fsp3) is 0.462. The van der Waals surface area contributed by atoms with Gasteiger partial charge in [0, 0.05) is 12.5 Å². The summed E-state index contributed by atoms with van der Waals surface area (Å²) >= 11 is 0. The molecule has 5 heteroatoms. The van der Waals surface area contributed by atoms with Crippen LogP contribution in [0.4, 0.5) is 4.39 Å². The van der Waals surface area contributed by atoms with Crippen molar-refractivity contribution < 1.29 is 18.7 Å². The molecule has 0 aromatic heterocycles. The van der Waals surface area contributed by atoms with Gasteiger partial charge in [-0.15, -0.1) is 0 Å². The maximum absolute atomic E-state index is 12.9. The van der Waals surface area contributed by atoms with Crippen LogP contribution in [-0.2, 0) is 9.53 Å². The van der Waals surface area contributed by atoms with Crippen LogP contribution in [0.15, 0.2) is 24.3 Å². The molecule has 0 radical (unpaired) electrons. The van der Waals surface area contributed by atoms with Crippen molar-refractivity contribution in [1.82, 2.24) is 5.32 Å². The molecule has 1 rings (SSSR count). The SMILES string of the molecule is CNC(C)(CCOc1cccc(F)c1)C(=O)OC. The van der Waals surface area contributed by atoms with Crippen molar-refractivity contribution in [2.24, 2.45) is 0 Å². The van der Waals surface area contributed by atoms with Gasteiger partial charge in [-0.05, 0) is 26.1 Å². The minimum Gasteiger partial charge on any atom is -0.493 e. The maximum atomic E-state index is 12.9. The molecule has 1 unspecified atom stereocenters. The van der Waals surface area contributed by atoms with Gasteiger partial charge in [-0.25, -0.2) is 4.39 Å². The van der Waals surface area contributed by atoms with Crippen LogP contribution in [0.5, 0.6) is 5.75 Å². The van der Waals surface area contributed by atoms with E-state index in [0.717, 1.165) is 0 Å². The number of esters is 1. The highest BCUT2D eigenvalue weighted by Gasteiger charge is 2.32. The Labute approximate surface area is 106 Å². The number of carbonyl (C=O) groups excluding carboxylic acids is 1. The lowest BCUT2D eigenvalue weighted by Gasteiger charge is -2.25. The second kappa shape index (κ2) is 6.35. The Kier molecular flexibility index (Phi) is 5.09. The van der Waals surface area contributed by atoms with Crippen molar-refractivity contribution in [1.29, 1.82) is 0 Å². The average Bonchev–Trinajstić information content (AvgIpc) is 2.37. The van der Waals surface area contributed by atoms with Crippen LogP contribution in [0.2, 0.25) is 0 Å². The molecule has 0 amide bonds. The molecular formula is C13H18FNO3. The van der Waals surface area contributed by atoms with Crippen molar-refractivity contribution >= 4 is 5.97 Å². The van der Waals surface area contributed by atoms with Crippen molar-refractivity contribution in [3.05, 3.63) is 30.1 Å². The first-order valence-corrected chi connectivity index (χ1v) is 5.67. The molecule has 0 heterocycles. The molecule has 18 heavy (non-hydrogen) atoms. The molecule has 100 valence electrons. The number of likely N-dealkylation sites (N-methyl/N-ethyl adjacent to an activating group) is 1. The number of benzene rings is 1. The van der Waals surface area contributed by atoms with Gasteiger partial charge in [-0.3, -0.25) is 4.79 Å². The van der Waals surface area contributed by atoms with E-state index in [0.29, 0.717) is 12.2 Å². The number of halogens is 1. The van der Waals surface area contributed by atoms with Crippen LogP contribution in [0, 0.1) is 5.82 Å². The summed E-state index contributed by atoms with van der Waals surface area (Å²) in [5.74, 6) is -0.261. The number of carbonyl (C=O) groups is 1. The Morgan fingerprint density at radius 1 is 1.50 bits per heavy atom. The number of methoxy groups -OCH3 is 1. The Balaban J connectivity index is 2.52. The molecule has 0 spiro atoms. The van der Waals surface area contributed by atoms with E-state index in [4.69, 9.17) is 9.47 Å². The third-order valence-corrected chi connectivity index (χ3v) is 2.85. The fourth-order valence-electron chi connectivity index (χ4n) is 1.48. The molecule has 4 nitrogen and oxygen atoms in total. The number of hydrogen-bond acceptors (Lipinski definition) is 4. The molecule has 1 N–H and O–H groups in total. The fourth-order valence-corrected chi connectivity index (χ4v) is 1.48. The van der Waals surface area contributed by atoms with Gasteiger partial charge >= 0.3 is 5.97 Å². The predicted octanol–water partition coefficient (Wildman–Crippen LogP) is 1.75. The molecule has 0 saturated heterocycles. The van der Waals surface area contributed by atoms with E-state index in [1.165, 1.54) is 19.2 Å². The second-order valence-corrected chi connectivity index (χ2v) is 4.13. The van der Waals surface area contributed by atoms with E-state index < -0.39 is 5.54 Å². The highest BCUT2D eigenvalue weighted by Crippen LogP contribution is 2.15. The molecule has 0 aliphatic heterocycles. The number of rotatable bonds is 6. The van der Waals surface area contributed by atoms with Crippen LogP contribution in [0.25, 0.3) is 0 Å². The van der Waals surface area contributed by atoms with Gasteiger partial charge in [0.15, 0.2) is 0 Å². The molecule has 0 bridgehead atoms. The zero-order valence-electron chi connectivity index (χ0n) is 10.8. The average molecular weight is 255 g/mol. The van der Waals surface area contributed by atoms with Crippen molar-refractivity contribution in [2.45, 2.75) is 18.9 Å². The van der Waals surface area contributed by atoms with E-state index >= 15 is 0 Å². The van der Waals surface area contributed by atoms with E-state index in [1.54, 1.807) is 26.1 Å². The van der Waals surface area contributed by atoms with Gasteiger partial charge in [-0.2, -0.15) is 0 Å². The normalized spacial score (nSPS) is 13.8. The van der Waals surface area contributed by atoms with Crippen LogP contribution < -0.4 is 10.1 Å². The zero-order valence-corrected chi connectivity index (χ0v) is 10.8. The summed E-state index contributed by atoms with van der Waals surface area (Å²) in [5, 5.41) is 2.90. The Morgan fingerprint density at radius 2 is 2.22 bits per heavy atom. The van der Waals surface area contributed by atoms with Crippen molar-refractivity contribution in [3.8, 4) is 5.75 Å². The molecule has 1 atom stereocenters.